The number of hydrogen-bond acceptors (Lipinski definition) is 1. The van der Waals surface area contributed by atoms with E-state index in [1.807, 2.05) is 0 Å². The van der Waals surface area contributed by atoms with Crippen LogP contribution < -0.4 is 0 Å². The molecule has 0 atom stereocenters. The first kappa shape index (κ1) is 25.7. The lowest BCUT2D eigenvalue weighted by atomic mass is 10.1. The molecular weight excluding hydrogens is 332 g/mol. The highest BCUT2D eigenvalue weighted by molar-refractivity contribution is 5.66. The van der Waals surface area contributed by atoms with Crippen molar-refractivity contribution >= 4 is 5.97 Å². The summed E-state index contributed by atoms with van der Waals surface area (Å²) < 4.78 is 0. The zero-order chi connectivity index (χ0) is 19.8. The highest BCUT2D eigenvalue weighted by atomic mass is 16.4. The van der Waals surface area contributed by atoms with Crippen LogP contribution in [0.4, 0.5) is 0 Å². The van der Waals surface area contributed by atoms with Crippen LogP contribution in [0.1, 0.15) is 116 Å². The number of aliphatic carboxylic acids is 1. The van der Waals surface area contributed by atoms with E-state index in [-0.39, 0.29) is 6.42 Å². The first-order valence-electron chi connectivity index (χ1n) is 11.4. The average Bonchev–Trinajstić information content (AvgIpc) is 2.65. The number of unbranched alkanes of at least 4 members (excludes halogenated alkanes) is 12. The van der Waals surface area contributed by atoms with Crippen molar-refractivity contribution in [2.75, 3.05) is 0 Å². The van der Waals surface area contributed by atoms with Gasteiger partial charge >= 0.3 is 5.97 Å². The first-order valence-corrected chi connectivity index (χ1v) is 11.4. The molecule has 0 aliphatic heterocycles. The van der Waals surface area contributed by atoms with Gasteiger partial charge in [-0.15, -0.1) is 0 Å². The Kier molecular flexibility index (Phi) is 21.6. The highest BCUT2D eigenvalue weighted by Crippen LogP contribution is 2.10. The fourth-order valence-corrected chi connectivity index (χ4v) is 3.01. The van der Waals surface area contributed by atoms with Crippen molar-refractivity contribution in [3.05, 3.63) is 36.5 Å². The van der Waals surface area contributed by atoms with Gasteiger partial charge in [0.15, 0.2) is 0 Å². The molecule has 0 saturated heterocycles. The fourth-order valence-electron chi connectivity index (χ4n) is 3.01. The van der Waals surface area contributed by atoms with Crippen LogP contribution >= 0.6 is 0 Å². The van der Waals surface area contributed by atoms with Crippen molar-refractivity contribution in [1.29, 1.82) is 0 Å². The van der Waals surface area contributed by atoms with Crippen molar-refractivity contribution in [3.8, 4) is 0 Å². The lowest BCUT2D eigenvalue weighted by Crippen LogP contribution is -1.92. The molecule has 0 heterocycles. The van der Waals surface area contributed by atoms with E-state index in [0.29, 0.717) is 0 Å². The number of hydrogen-bond donors (Lipinski definition) is 1. The molecule has 2 nitrogen and oxygen atoms in total. The Labute approximate surface area is 168 Å². The quantitative estimate of drug-likeness (QED) is 0.171. The maximum absolute atomic E-state index is 10.4. The van der Waals surface area contributed by atoms with E-state index in [2.05, 4.69) is 43.4 Å². The summed E-state index contributed by atoms with van der Waals surface area (Å²) in [5.74, 6) is -0.698. The number of rotatable bonds is 20. The summed E-state index contributed by atoms with van der Waals surface area (Å²) in [5.41, 5.74) is 0. The van der Waals surface area contributed by atoms with Crippen LogP contribution in [0.15, 0.2) is 36.5 Å². The predicted octanol–water partition coefficient (Wildman–Crippen LogP) is 8.39. The Morgan fingerprint density at radius 2 is 0.926 bits per heavy atom. The minimum Gasteiger partial charge on any atom is -0.481 e. The average molecular weight is 377 g/mol. The summed E-state index contributed by atoms with van der Waals surface area (Å²) in [6.45, 7) is 2.26. The summed E-state index contributed by atoms with van der Waals surface area (Å²) in [7, 11) is 0. The second-order valence-electron chi connectivity index (χ2n) is 7.47. The van der Waals surface area contributed by atoms with Gasteiger partial charge in [0, 0.05) is 6.42 Å². The molecule has 156 valence electrons. The van der Waals surface area contributed by atoms with Crippen molar-refractivity contribution < 1.29 is 9.90 Å². The number of allylic oxidation sites excluding steroid dienone is 6. The van der Waals surface area contributed by atoms with E-state index >= 15 is 0 Å². The van der Waals surface area contributed by atoms with E-state index in [1.165, 1.54) is 77.0 Å². The predicted molar refractivity (Wildman–Crippen MR) is 119 cm³/mol. The lowest BCUT2D eigenvalue weighted by molar-refractivity contribution is -0.137. The Morgan fingerprint density at radius 3 is 1.37 bits per heavy atom. The molecule has 0 aliphatic rings. The van der Waals surface area contributed by atoms with Crippen LogP contribution in [0.5, 0.6) is 0 Å². The van der Waals surface area contributed by atoms with Crippen LogP contribution in [0.25, 0.3) is 0 Å². The van der Waals surface area contributed by atoms with Crippen LogP contribution in [0.2, 0.25) is 0 Å². The van der Waals surface area contributed by atoms with Crippen LogP contribution in [-0.2, 0) is 4.79 Å². The smallest absolute Gasteiger partial charge is 0.303 e. The molecular formula is C25H44O2. The third-order valence-electron chi connectivity index (χ3n) is 4.73. The lowest BCUT2D eigenvalue weighted by Gasteiger charge is -1.99. The van der Waals surface area contributed by atoms with Crippen LogP contribution in [-0.4, -0.2) is 11.1 Å². The van der Waals surface area contributed by atoms with Gasteiger partial charge in [0.05, 0.1) is 0 Å². The molecule has 0 aromatic rings. The normalized spacial score (nSPS) is 12.0. The van der Waals surface area contributed by atoms with Gasteiger partial charge in [-0.3, -0.25) is 4.79 Å². The van der Waals surface area contributed by atoms with E-state index in [4.69, 9.17) is 5.11 Å². The van der Waals surface area contributed by atoms with Gasteiger partial charge in [0.2, 0.25) is 0 Å². The molecule has 0 aromatic heterocycles. The summed E-state index contributed by atoms with van der Waals surface area (Å²) in [5, 5.41) is 8.54. The molecule has 2 heteroatoms. The molecule has 0 aliphatic carbocycles. The van der Waals surface area contributed by atoms with Crippen molar-refractivity contribution in [1.82, 2.24) is 0 Å². The maximum atomic E-state index is 10.4. The minimum atomic E-state index is -0.698. The highest BCUT2D eigenvalue weighted by Gasteiger charge is 1.93. The zero-order valence-corrected chi connectivity index (χ0v) is 17.8. The molecule has 0 unspecified atom stereocenters. The van der Waals surface area contributed by atoms with E-state index in [9.17, 15) is 4.79 Å². The number of carboxylic acids is 1. The minimum absolute atomic E-state index is 0.278. The summed E-state index contributed by atoms with van der Waals surface area (Å²) in [6.07, 6.45) is 33.7. The van der Waals surface area contributed by atoms with E-state index in [1.54, 1.807) is 0 Å². The molecule has 0 radical (unpaired) electrons. The molecule has 0 fully saturated rings. The summed E-state index contributed by atoms with van der Waals surface area (Å²) >= 11 is 0. The SMILES string of the molecule is CCCCCC=CCCCCCCCCC=CCCC=CCCCC(=O)O. The summed E-state index contributed by atoms with van der Waals surface area (Å²) in [4.78, 5) is 10.4. The van der Waals surface area contributed by atoms with Gasteiger partial charge in [-0.1, -0.05) is 81.9 Å². The number of carbonyl (C=O) groups is 1. The van der Waals surface area contributed by atoms with Crippen LogP contribution in [0.3, 0.4) is 0 Å². The molecule has 0 amide bonds. The monoisotopic (exact) mass is 376 g/mol. The zero-order valence-electron chi connectivity index (χ0n) is 17.8. The maximum Gasteiger partial charge on any atom is 0.303 e. The summed E-state index contributed by atoms with van der Waals surface area (Å²) in [6, 6.07) is 0. The third-order valence-corrected chi connectivity index (χ3v) is 4.73. The van der Waals surface area contributed by atoms with Gasteiger partial charge in [-0.05, 0) is 64.2 Å². The van der Waals surface area contributed by atoms with Gasteiger partial charge in [-0.25, -0.2) is 0 Å². The Bertz CT molecular complexity index is 393. The standard InChI is InChI=1S/C25H44O2/c1-2-3-4-5-6-7-8-9-10-11-12-13-14-15-16-17-18-19-20-21-22-23-24-25(26)27/h6-7,16-17,20-21H,2-5,8-15,18-19,22-24H2,1H3,(H,26,27). The first-order chi connectivity index (χ1) is 13.3. The molecule has 1 N–H and O–H groups in total. The van der Waals surface area contributed by atoms with Crippen molar-refractivity contribution in [2.24, 2.45) is 0 Å². The Hall–Kier alpha value is -1.31. The Morgan fingerprint density at radius 1 is 0.556 bits per heavy atom. The van der Waals surface area contributed by atoms with E-state index < -0.39 is 5.97 Å². The van der Waals surface area contributed by atoms with Crippen molar-refractivity contribution in [3.63, 3.8) is 0 Å². The largest absolute Gasteiger partial charge is 0.481 e. The number of carboxylic acid groups (broad SMARTS) is 1. The molecule has 27 heavy (non-hydrogen) atoms. The third kappa shape index (κ3) is 24.7. The second kappa shape index (κ2) is 22.7. The second-order valence-corrected chi connectivity index (χ2v) is 7.47. The molecule has 0 aromatic carbocycles. The van der Waals surface area contributed by atoms with Crippen LogP contribution in [0, 0.1) is 0 Å². The van der Waals surface area contributed by atoms with Gasteiger partial charge in [0.25, 0.3) is 0 Å². The van der Waals surface area contributed by atoms with Crippen molar-refractivity contribution in [2.45, 2.75) is 116 Å². The topological polar surface area (TPSA) is 37.3 Å². The molecule has 0 bridgehead atoms. The molecule has 0 spiro atoms. The van der Waals surface area contributed by atoms with Gasteiger partial charge in [-0.2, -0.15) is 0 Å². The van der Waals surface area contributed by atoms with E-state index in [0.717, 1.165) is 25.7 Å². The molecule has 0 saturated carbocycles. The van der Waals surface area contributed by atoms with Gasteiger partial charge < -0.3 is 5.11 Å². The molecule has 0 rings (SSSR count). The Balaban J connectivity index is 3.20. The fraction of sp³-hybridized carbons (Fsp3) is 0.720. The van der Waals surface area contributed by atoms with Gasteiger partial charge in [0.1, 0.15) is 0 Å².